The van der Waals surface area contributed by atoms with Crippen LogP contribution < -0.4 is 5.32 Å². The van der Waals surface area contributed by atoms with Gasteiger partial charge in [0.25, 0.3) is 0 Å². The van der Waals surface area contributed by atoms with Crippen molar-refractivity contribution in [2.24, 2.45) is 5.92 Å². The number of carbonyl (C=O) groups excluding carboxylic acids is 1. The normalized spacial score (nSPS) is 14.1. The molecule has 2 rings (SSSR count). The summed E-state index contributed by atoms with van der Waals surface area (Å²) in [4.78, 5) is 30.8. The third-order valence-electron chi connectivity index (χ3n) is 3.01. The highest BCUT2D eigenvalue weighted by molar-refractivity contribution is 5.80. The van der Waals surface area contributed by atoms with Gasteiger partial charge in [-0.05, 0) is 18.8 Å². The molecule has 0 bridgehead atoms. The number of aliphatic carboxylic acids is 1. The van der Waals surface area contributed by atoms with Crippen molar-refractivity contribution in [1.29, 1.82) is 0 Å². The Morgan fingerprint density at radius 1 is 1.53 bits per heavy atom. The fraction of sp³-hybridized carbons (Fsp3) is 0.583. The average Bonchev–Trinajstić information content (AvgIpc) is 3.02. The molecule has 1 fully saturated rings. The molecule has 0 radical (unpaired) electrons. The number of imidazole rings is 1. The van der Waals surface area contributed by atoms with E-state index in [1.54, 1.807) is 12.5 Å². The van der Waals surface area contributed by atoms with Crippen LogP contribution in [0.5, 0.6) is 0 Å². The summed E-state index contributed by atoms with van der Waals surface area (Å²) in [5.41, 5.74) is 0.937. The first-order valence-corrected chi connectivity index (χ1v) is 6.37. The highest BCUT2D eigenvalue weighted by Crippen LogP contribution is 2.29. The Balaban J connectivity index is 1.75. The monoisotopic (exact) mass is 266 g/mol. The Bertz CT molecular complexity index is 428. The lowest BCUT2D eigenvalue weighted by Crippen LogP contribution is -2.44. The van der Waals surface area contributed by atoms with Crippen molar-refractivity contribution in [2.45, 2.75) is 19.3 Å². The molecule has 19 heavy (non-hydrogen) atoms. The standard InChI is InChI=1S/C12H18N4O3/c17-11(18)7-16(6-9-1-2-9)12(19)14-4-3-10-5-13-8-15-10/h5,8-9H,1-4,6-7H2,(H,13,15)(H,14,19)(H,17,18). The van der Waals surface area contributed by atoms with E-state index in [0.29, 0.717) is 25.4 Å². The van der Waals surface area contributed by atoms with Crippen molar-refractivity contribution in [2.75, 3.05) is 19.6 Å². The first-order valence-electron chi connectivity index (χ1n) is 6.37. The van der Waals surface area contributed by atoms with Gasteiger partial charge in [0.05, 0.1) is 6.33 Å². The summed E-state index contributed by atoms with van der Waals surface area (Å²) < 4.78 is 0. The molecule has 1 aromatic heterocycles. The number of hydrogen-bond donors (Lipinski definition) is 3. The number of H-pyrrole nitrogens is 1. The van der Waals surface area contributed by atoms with Gasteiger partial charge in [-0.25, -0.2) is 9.78 Å². The molecule has 0 aliphatic heterocycles. The van der Waals surface area contributed by atoms with Crippen LogP contribution in [0.25, 0.3) is 0 Å². The number of nitrogens with one attached hydrogen (secondary N) is 2. The molecule has 2 amide bonds. The number of aromatic nitrogens is 2. The molecule has 0 unspecified atom stereocenters. The van der Waals surface area contributed by atoms with Gasteiger partial charge in [0.2, 0.25) is 0 Å². The molecule has 1 heterocycles. The Morgan fingerprint density at radius 3 is 2.89 bits per heavy atom. The highest BCUT2D eigenvalue weighted by Gasteiger charge is 2.27. The number of carbonyl (C=O) groups is 2. The van der Waals surface area contributed by atoms with Crippen molar-refractivity contribution < 1.29 is 14.7 Å². The minimum Gasteiger partial charge on any atom is -0.480 e. The molecule has 0 aromatic carbocycles. The van der Waals surface area contributed by atoms with Gasteiger partial charge in [-0.1, -0.05) is 0 Å². The maximum Gasteiger partial charge on any atom is 0.323 e. The SMILES string of the molecule is O=C(O)CN(CC1CC1)C(=O)NCCc1cnc[nH]1. The second kappa shape index (κ2) is 6.21. The van der Waals surface area contributed by atoms with E-state index in [4.69, 9.17) is 5.11 Å². The molecule has 1 aliphatic rings. The van der Waals surface area contributed by atoms with Crippen molar-refractivity contribution in [3.63, 3.8) is 0 Å². The van der Waals surface area contributed by atoms with Crippen LogP contribution in [0.1, 0.15) is 18.5 Å². The molecule has 1 aliphatic carbocycles. The van der Waals surface area contributed by atoms with Crippen LogP contribution >= 0.6 is 0 Å². The second-order valence-electron chi connectivity index (χ2n) is 4.78. The molecule has 7 nitrogen and oxygen atoms in total. The number of aromatic amines is 1. The number of carboxylic acid groups (broad SMARTS) is 1. The number of hydrogen-bond acceptors (Lipinski definition) is 3. The van der Waals surface area contributed by atoms with Gasteiger partial charge < -0.3 is 20.3 Å². The van der Waals surface area contributed by atoms with E-state index in [2.05, 4.69) is 15.3 Å². The van der Waals surface area contributed by atoms with E-state index in [9.17, 15) is 9.59 Å². The van der Waals surface area contributed by atoms with E-state index in [0.717, 1.165) is 18.5 Å². The van der Waals surface area contributed by atoms with Crippen molar-refractivity contribution >= 4 is 12.0 Å². The first kappa shape index (κ1) is 13.4. The summed E-state index contributed by atoms with van der Waals surface area (Å²) in [5.74, 6) is -0.512. The van der Waals surface area contributed by atoms with Crippen LogP contribution in [0.15, 0.2) is 12.5 Å². The molecule has 3 N–H and O–H groups in total. The highest BCUT2D eigenvalue weighted by atomic mass is 16.4. The lowest BCUT2D eigenvalue weighted by atomic mass is 10.3. The minimum atomic E-state index is -0.982. The summed E-state index contributed by atoms with van der Waals surface area (Å²) in [5, 5.41) is 11.5. The van der Waals surface area contributed by atoms with Crippen molar-refractivity contribution in [1.82, 2.24) is 20.2 Å². The molecule has 7 heteroatoms. The Kier molecular flexibility index (Phi) is 4.38. The quantitative estimate of drug-likeness (QED) is 0.667. The van der Waals surface area contributed by atoms with Gasteiger partial charge in [-0.2, -0.15) is 0 Å². The van der Waals surface area contributed by atoms with E-state index in [1.807, 2.05) is 0 Å². The largest absolute Gasteiger partial charge is 0.480 e. The van der Waals surface area contributed by atoms with Crippen LogP contribution in [0, 0.1) is 5.92 Å². The van der Waals surface area contributed by atoms with Gasteiger partial charge in [-0.3, -0.25) is 4.79 Å². The molecule has 104 valence electrons. The van der Waals surface area contributed by atoms with Gasteiger partial charge in [0.1, 0.15) is 6.54 Å². The lowest BCUT2D eigenvalue weighted by molar-refractivity contribution is -0.137. The number of nitrogens with zero attached hydrogens (tertiary/aromatic N) is 2. The maximum absolute atomic E-state index is 11.9. The molecule has 0 spiro atoms. The van der Waals surface area contributed by atoms with E-state index >= 15 is 0 Å². The second-order valence-corrected chi connectivity index (χ2v) is 4.78. The number of carboxylic acids is 1. The van der Waals surface area contributed by atoms with Crippen molar-refractivity contribution in [3.05, 3.63) is 18.2 Å². The van der Waals surface area contributed by atoms with Crippen molar-refractivity contribution in [3.8, 4) is 0 Å². The predicted octanol–water partition coefficient (Wildman–Crippen LogP) is 0.458. The predicted molar refractivity (Wildman–Crippen MR) is 67.6 cm³/mol. The van der Waals surface area contributed by atoms with Crippen LogP contribution in [-0.2, 0) is 11.2 Å². The van der Waals surface area contributed by atoms with Crippen LogP contribution in [0.3, 0.4) is 0 Å². The van der Waals surface area contributed by atoms with Gasteiger partial charge in [0, 0.05) is 31.4 Å². The smallest absolute Gasteiger partial charge is 0.323 e. The Morgan fingerprint density at radius 2 is 2.32 bits per heavy atom. The molecule has 1 saturated carbocycles. The summed E-state index contributed by atoms with van der Waals surface area (Å²) in [7, 11) is 0. The average molecular weight is 266 g/mol. The summed E-state index contributed by atoms with van der Waals surface area (Å²) in [6.07, 6.45) is 6.09. The molecule has 0 atom stereocenters. The third-order valence-corrected chi connectivity index (χ3v) is 3.01. The van der Waals surface area contributed by atoms with E-state index in [1.165, 1.54) is 4.90 Å². The van der Waals surface area contributed by atoms with E-state index < -0.39 is 5.97 Å². The van der Waals surface area contributed by atoms with E-state index in [-0.39, 0.29) is 12.6 Å². The fourth-order valence-electron chi connectivity index (χ4n) is 1.83. The third kappa shape index (κ3) is 4.61. The minimum absolute atomic E-state index is 0.244. The van der Waals surface area contributed by atoms with Crippen LogP contribution in [-0.4, -0.2) is 51.6 Å². The zero-order valence-electron chi connectivity index (χ0n) is 10.6. The van der Waals surface area contributed by atoms with Crippen LogP contribution in [0.2, 0.25) is 0 Å². The number of rotatable bonds is 7. The summed E-state index contributed by atoms with van der Waals surface area (Å²) in [6, 6.07) is -0.311. The Hall–Kier alpha value is -2.05. The van der Waals surface area contributed by atoms with Gasteiger partial charge in [0.15, 0.2) is 0 Å². The summed E-state index contributed by atoms with van der Waals surface area (Å²) >= 11 is 0. The zero-order valence-corrected chi connectivity index (χ0v) is 10.6. The molecular weight excluding hydrogens is 248 g/mol. The van der Waals surface area contributed by atoms with Crippen LogP contribution in [0.4, 0.5) is 4.79 Å². The zero-order chi connectivity index (χ0) is 13.7. The number of amides is 2. The lowest BCUT2D eigenvalue weighted by Gasteiger charge is -2.20. The first-order chi connectivity index (χ1) is 9.15. The fourth-order valence-corrected chi connectivity index (χ4v) is 1.83. The molecule has 1 aromatic rings. The maximum atomic E-state index is 11.9. The van der Waals surface area contributed by atoms with Gasteiger partial charge >= 0.3 is 12.0 Å². The topological polar surface area (TPSA) is 98.3 Å². The summed E-state index contributed by atoms with van der Waals surface area (Å²) in [6.45, 7) is 0.746. The molecular formula is C12H18N4O3. The Labute approximate surface area is 111 Å². The molecule has 0 saturated heterocycles. The van der Waals surface area contributed by atoms with Gasteiger partial charge in [-0.15, -0.1) is 0 Å². The number of urea groups is 1.